The van der Waals surface area contributed by atoms with Gasteiger partial charge in [0.2, 0.25) is 5.91 Å². The molecule has 7 nitrogen and oxygen atoms in total. The monoisotopic (exact) mass is 473 g/mol. The molecule has 3 aromatic rings. The zero-order valence-corrected chi connectivity index (χ0v) is 20.4. The number of hydrazine groups is 1. The normalized spacial score (nSPS) is 29.2. The van der Waals surface area contributed by atoms with E-state index in [1.165, 1.54) is 5.56 Å². The van der Waals surface area contributed by atoms with E-state index in [2.05, 4.69) is 50.3 Å². The minimum Gasteiger partial charge on any atom is -0.460 e. The van der Waals surface area contributed by atoms with Crippen LogP contribution in [0.5, 0.6) is 0 Å². The Hall–Kier alpha value is -2.74. The molecule has 3 N–H and O–H groups in total. The van der Waals surface area contributed by atoms with Gasteiger partial charge >= 0.3 is 0 Å². The summed E-state index contributed by atoms with van der Waals surface area (Å²) in [5.74, 6) is 1.72. The van der Waals surface area contributed by atoms with Crippen LogP contribution < -0.4 is 16.2 Å². The van der Waals surface area contributed by atoms with Crippen LogP contribution in [0.25, 0.3) is 11.0 Å². The summed E-state index contributed by atoms with van der Waals surface area (Å²) in [5.41, 5.74) is 10.2. The van der Waals surface area contributed by atoms with Crippen LogP contribution in [-0.2, 0) is 11.3 Å². The van der Waals surface area contributed by atoms with Crippen molar-refractivity contribution in [2.75, 3.05) is 13.1 Å². The van der Waals surface area contributed by atoms with Crippen molar-refractivity contribution in [2.24, 2.45) is 11.8 Å². The second kappa shape index (κ2) is 9.72. The second-order valence-corrected chi connectivity index (χ2v) is 10.6. The Morgan fingerprint density at radius 1 is 1.17 bits per heavy atom. The van der Waals surface area contributed by atoms with Crippen molar-refractivity contribution in [3.8, 4) is 0 Å². The number of piperidine rings is 1. The lowest BCUT2D eigenvalue weighted by Crippen LogP contribution is -2.50. The van der Waals surface area contributed by atoms with Gasteiger partial charge in [-0.25, -0.2) is 5.43 Å². The number of hydrogen-bond donors (Lipinski definition) is 3. The molecule has 3 aliphatic rings. The van der Waals surface area contributed by atoms with Gasteiger partial charge in [-0.15, -0.1) is 0 Å². The third kappa shape index (κ3) is 4.85. The number of likely N-dealkylation sites (tertiary alicyclic amines) is 1. The number of pyridine rings is 1. The van der Waals surface area contributed by atoms with Gasteiger partial charge in [-0.2, -0.15) is 0 Å². The van der Waals surface area contributed by atoms with E-state index in [-0.39, 0.29) is 23.9 Å². The number of benzene rings is 1. The summed E-state index contributed by atoms with van der Waals surface area (Å²) >= 11 is 0. The fraction of sp³-hybridized carbons (Fsp3) is 0.500. The largest absolute Gasteiger partial charge is 0.460 e. The van der Waals surface area contributed by atoms with E-state index in [0.29, 0.717) is 12.0 Å². The van der Waals surface area contributed by atoms with Crippen LogP contribution in [-0.4, -0.2) is 41.0 Å². The topological polar surface area (TPSA) is 82.4 Å². The number of para-hydroxylation sites is 1. The quantitative estimate of drug-likeness (QED) is 0.522. The van der Waals surface area contributed by atoms with Crippen LogP contribution >= 0.6 is 0 Å². The first-order valence-electron chi connectivity index (χ1n) is 13.1. The van der Waals surface area contributed by atoms with Crippen LogP contribution in [0.2, 0.25) is 0 Å². The van der Waals surface area contributed by atoms with Gasteiger partial charge in [-0.3, -0.25) is 20.1 Å². The number of nitrogens with one attached hydrogen (secondary N) is 3. The lowest BCUT2D eigenvalue weighted by atomic mass is 9.74. The van der Waals surface area contributed by atoms with Gasteiger partial charge in [0.25, 0.3) is 0 Å². The van der Waals surface area contributed by atoms with Crippen LogP contribution in [0.4, 0.5) is 0 Å². The highest BCUT2D eigenvalue weighted by Crippen LogP contribution is 2.40. The van der Waals surface area contributed by atoms with Gasteiger partial charge < -0.3 is 9.73 Å². The Morgan fingerprint density at radius 2 is 2.09 bits per heavy atom. The fourth-order valence-electron chi connectivity index (χ4n) is 6.36. The molecule has 5 atom stereocenters. The summed E-state index contributed by atoms with van der Waals surface area (Å²) in [6.45, 7) is 4.74. The fourth-order valence-corrected chi connectivity index (χ4v) is 6.36. The first-order chi connectivity index (χ1) is 17.1. The lowest BCUT2D eigenvalue weighted by molar-refractivity contribution is -0.127. The van der Waals surface area contributed by atoms with Gasteiger partial charge in [-0.05, 0) is 81.3 Å². The summed E-state index contributed by atoms with van der Waals surface area (Å²) in [6, 6.07) is 15.4. The first kappa shape index (κ1) is 22.7. The van der Waals surface area contributed by atoms with Crippen molar-refractivity contribution >= 4 is 16.9 Å². The summed E-state index contributed by atoms with van der Waals surface area (Å²) < 4.78 is 6.03. The maximum atomic E-state index is 13.3. The summed E-state index contributed by atoms with van der Waals surface area (Å²) in [6.07, 6.45) is 6.91. The minimum atomic E-state index is 0.0779. The maximum absolute atomic E-state index is 13.3. The molecular weight excluding hydrogens is 438 g/mol. The van der Waals surface area contributed by atoms with Crippen LogP contribution in [0.3, 0.4) is 0 Å². The first-order valence-corrected chi connectivity index (χ1v) is 13.1. The molecular formula is C28H35N5O2. The van der Waals surface area contributed by atoms with Crippen LogP contribution in [0.15, 0.2) is 53.1 Å². The summed E-state index contributed by atoms with van der Waals surface area (Å²) in [7, 11) is 0. The number of fused-ring (bicyclic) bond motifs is 2. The molecule has 1 aliphatic carbocycles. The second-order valence-electron chi connectivity index (χ2n) is 10.6. The Morgan fingerprint density at radius 3 is 2.97 bits per heavy atom. The number of furan rings is 1. The highest BCUT2D eigenvalue weighted by atomic mass is 16.3. The molecule has 0 radical (unpaired) electrons. The molecule has 7 heteroatoms. The zero-order chi connectivity index (χ0) is 23.8. The van der Waals surface area contributed by atoms with E-state index in [1.807, 2.05) is 31.3 Å². The number of aryl methyl sites for hydroxylation is 1. The summed E-state index contributed by atoms with van der Waals surface area (Å²) in [4.78, 5) is 20.1. The number of nitrogens with zero attached hydrogens (tertiary/aromatic N) is 2. The summed E-state index contributed by atoms with van der Waals surface area (Å²) in [5, 5.41) is 4.56. The van der Waals surface area contributed by atoms with Crippen LogP contribution in [0, 0.1) is 18.8 Å². The van der Waals surface area contributed by atoms with Gasteiger partial charge in [0, 0.05) is 41.8 Å². The van der Waals surface area contributed by atoms with Crippen molar-refractivity contribution in [3.05, 3.63) is 65.7 Å². The molecule has 6 rings (SSSR count). The number of carbonyl (C=O) groups excluding carboxylic acids is 1. The third-order valence-corrected chi connectivity index (χ3v) is 8.11. The molecule has 0 bridgehead atoms. The van der Waals surface area contributed by atoms with E-state index < -0.39 is 0 Å². The van der Waals surface area contributed by atoms with E-state index in [0.717, 1.165) is 74.2 Å². The predicted octanol–water partition coefficient (Wildman–Crippen LogP) is 3.85. The molecule has 2 aliphatic heterocycles. The van der Waals surface area contributed by atoms with Crippen molar-refractivity contribution in [1.82, 2.24) is 26.1 Å². The Labute approximate surface area is 206 Å². The Bertz CT molecular complexity index is 1160. The van der Waals surface area contributed by atoms with Gasteiger partial charge in [0.05, 0.1) is 12.6 Å². The van der Waals surface area contributed by atoms with E-state index in [1.54, 1.807) is 0 Å². The molecule has 2 saturated heterocycles. The average Bonchev–Trinajstić information content (AvgIpc) is 3.47. The third-order valence-electron chi connectivity index (χ3n) is 8.11. The highest BCUT2D eigenvalue weighted by Gasteiger charge is 2.43. The van der Waals surface area contributed by atoms with Crippen molar-refractivity contribution in [1.29, 1.82) is 0 Å². The average molecular weight is 474 g/mol. The van der Waals surface area contributed by atoms with Gasteiger partial charge in [0.1, 0.15) is 11.3 Å². The molecule has 1 amide bonds. The molecule has 4 heterocycles. The number of rotatable bonds is 5. The SMILES string of the molecule is Cc1cc(C2NNC3CCC(C(=O)N[C@@H]4CCCN(Cc5cc6ccccc6o5)C4)CC32)ccn1. The molecule has 35 heavy (non-hydrogen) atoms. The molecule has 0 spiro atoms. The van der Waals surface area contributed by atoms with Crippen molar-refractivity contribution in [2.45, 2.75) is 63.7 Å². The highest BCUT2D eigenvalue weighted by molar-refractivity contribution is 5.79. The standard InChI is InChI=1S/C28H35N5O2/c1-18-13-20(10-11-29-18)27-24-15-21(8-9-25(24)31-32-27)28(34)30-22-6-4-12-33(16-22)17-23-14-19-5-2-3-7-26(19)35-23/h2-3,5,7,10-11,13-14,21-22,24-25,27,31-32H,4,6,8-9,12,15-17H2,1H3,(H,30,34)/t21?,22-,24?,25?,27?/m1/s1. The molecule has 4 unspecified atom stereocenters. The molecule has 3 fully saturated rings. The number of hydrogen-bond acceptors (Lipinski definition) is 6. The number of carbonyl (C=O) groups is 1. The molecule has 184 valence electrons. The molecule has 2 aromatic heterocycles. The predicted molar refractivity (Wildman–Crippen MR) is 135 cm³/mol. The Kier molecular flexibility index (Phi) is 6.31. The Balaban J connectivity index is 1.06. The number of amides is 1. The van der Waals surface area contributed by atoms with E-state index in [4.69, 9.17) is 4.42 Å². The van der Waals surface area contributed by atoms with Crippen molar-refractivity contribution in [3.63, 3.8) is 0 Å². The van der Waals surface area contributed by atoms with Crippen molar-refractivity contribution < 1.29 is 9.21 Å². The van der Waals surface area contributed by atoms with Crippen LogP contribution in [0.1, 0.15) is 55.2 Å². The number of aromatic nitrogens is 1. The molecule has 1 saturated carbocycles. The lowest BCUT2D eigenvalue weighted by Gasteiger charge is -2.36. The zero-order valence-electron chi connectivity index (χ0n) is 20.4. The van der Waals surface area contributed by atoms with Gasteiger partial charge in [-0.1, -0.05) is 18.2 Å². The smallest absolute Gasteiger partial charge is 0.223 e. The van der Waals surface area contributed by atoms with E-state index in [9.17, 15) is 4.79 Å². The molecule has 1 aromatic carbocycles. The maximum Gasteiger partial charge on any atom is 0.223 e. The minimum absolute atomic E-state index is 0.0779. The van der Waals surface area contributed by atoms with E-state index >= 15 is 0 Å². The van der Waals surface area contributed by atoms with Gasteiger partial charge in [0.15, 0.2) is 0 Å².